The van der Waals surface area contributed by atoms with E-state index in [9.17, 15) is 0 Å². The van der Waals surface area contributed by atoms with Crippen molar-refractivity contribution in [2.45, 2.75) is 45.8 Å². The van der Waals surface area contributed by atoms with Gasteiger partial charge < -0.3 is 5.32 Å². The zero-order valence-corrected chi connectivity index (χ0v) is 11.9. The maximum Gasteiger partial charge on any atom is 0.107 e. The standard InChI is InChI=1S/C13H23N3S/c1-10-5-4-6-16(11(10)2)8-12-9-17-13(15-12)7-14-3/h9-11,14H,4-8H2,1-3H3. The summed E-state index contributed by atoms with van der Waals surface area (Å²) in [6, 6.07) is 0.693. The normalized spacial score (nSPS) is 26.3. The summed E-state index contributed by atoms with van der Waals surface area (Å²) in [6.45, 7) is 7.85. The van der Waals surface area contributed by atoms with Crippen LogP contribution in [0.15, 0.2) is 5.38 Å². The Labute approximate surface area is 108 Å². The van der Waals surface area contributed by atoms with Crippen molar-refractivity contribution < 1.29 is 0 Å². The smallest absolute Gasteiger partial charge is 0.107 e. The first-order valence-electron chi connectivity index (χ1n) is 6.52. The van der Waals surface area contributed by atoms with E-state index < -0.39 is 0 Å². The van der Waals surface area contributed by atoms with Crippen LogP contribution in [-0.2, 0) is 13.1 Å². The van der Waals surface area contributed by atoms with Gasteiger partial charge in [-0.2, -0.15) is 0 Å². The highest BCUT2D eigenvalue weighted by Gasteiger charge is 2.24. The number of rotatable bonds is 4. The Kier molecular flexibility index (Phi) is 4.54. The number of thiazole rings is 1. The summed E-state index contributed by atoms with van der Waals surface area (Å²) in [5, 5.41) is 6.55. The zero-order valence-electron chi connectivity index (χ0n) is 11.1. The molecule has 4 heteroatoms. The fourth-order valence-corrected chi connectivity index (χ4v) is 3.30. The van der Waals surface area contributed by atoms with Crippen molar-refractivity contribution in [3.8, 4) is 0 Å². The Morgan fingerprint density at radius 1 is 1.53 bits per heavy atom. The molecule has 1 aliphatic rings. The van der Waals surface area contributed by atoms with Gasteiger partial charge in [0.25, 0.3) is 0 Å². The van der Waals surface area contributed by atoms with Crippen molar-refractivity contribution in [2.75, 3.05) is 13.6 Å². The van der Waals surface area contributed by atoms with Gasteiger partial charge in [-0.05, 0) is 39.3 Å². The van der Waals surface area contributed by atoms with E-state index in [1.165, 1.54) is 30.1 Å². The molecule has 0 spiro atoms. The lowest BCUT2D eigenvalue weighted by molar-refractivity contribution is 0.105. The summed E-state index contributed by atoms with van der Waals surface area (Å²) in [5.41, 5.74) is 1.24. The minimum absolute atomic E-state index is 0.693. The first-order valence-corrected chi connectivity index (χ1v) is 7.40. The second-order valence-electron chi connectivity index (χ2n) is 5.09. The molecule has 1 saturated heterocycles. The highest BCUT2D eigenvalue weighted by atomic mass is 32.1. The Morgan fingerprint density at radius 3 is 3.12 bits per heavy atom. The molecule has 1 aromatic heterocycles. The van der Waals surface area contributed by atoms with E-state index in [2.05, 4.69) is 34.4 Å². The minimum Gasteiger partial charge on any atom is -0.314 e. The van der Waals surface area contributed by atoms with Crippen LogP contribution < -0.4 is 5.32 Å². The molecule has 1 aliphatic heterocycles. The molecule has 2 rings (SSSR count). The second-order valence-corrected chi connectivity index (χ2v) is 6.04. The van der Waals surface area contributed by atoms with Crippen LogP contribution in [0.4, 0.5) is 0 Å². The molecular weight excluding hydrogens is 230 g/mol. The number of likely N-dealkylation sites (tertiary alicyclic amines) is 1. The fourth-order valence-electron chi connectivity index (χ4n) is 2.51. The summed E-state index contributed by atoms with van der Waals surface area (Å²) in [6.07, 6.45) is 2.71. The highest BCUT2D eigenvalue weighted by Crippen LogP contribution is 2.24. The molecule has 0 radical (unpaired) electrons. The van der Waals surface area contributed by atoms with Crippen molar-refractivity contribution in [1.82, 2.24) is 15.2 Å². The number of nitrogens with one attached hydrogen (secondary N) is 1. The first-order chi connectivity index (χ1) is 8.20. The average Bonchev–Trinajstić information content (AvgIpc) is 2.73. The van der Waals surface area contributed by atoms with Crippen molar-refractivity contribution in [3.05, 3.63) is 16.1 Å². The Hall–Kier alpha value is -0.450. The fraction of sp³-hybridized carbons (Fsp3) is 0.769. The van der Waals surface area contributed by atoms with Crippen LogP contribution in [0.25, 0.3) is 0 Å². The molecule has 1 aromatic rings. The van der Waals surface area contributed by atoms with Gasteiger partial charge in [0, 0.05) is 24.5 Å². The number of nitrogens with zero attached hydrogens (tertiary/aromatic N) is 2. The van der Waals surface area contributed by atoms with Crippen LogP contribution >= 0.6 is 11.3 Å². The Morgan fingerprint density at radius 2 is 2.35 bits per heavy atom. The van der Waals surface area contributed by atoms with Crippen LogP contribution in [0.5, 0.6) is 0 Å². The predicted octanol–water partition coefficient (Wildman–Crippen LogP) is 2.48. The zero-order chi connectivity index (χ0) is 12.3. The summed E-state index contributed by atoms with van der Waals surface area (Å²) >= 11 is 1.76. The van der Waals surface area contributed by atoms with E-state index in [1.54, 1.807) is 11.3 Å². The second kappa shape index (κ2) is 5.94. The number of hydrogen-bond acceptors (Lipinski definition) is 4. The quantitative estimate of drug-likeness (QED) is 0.893. The molecule has 17 heavy (non-hydrogen) atoms. The van der Waals surface area contributed by atoms with Crippen LogP contribution in [-0.4, -0.2) is 29.5 Å². The van der Waals surface area contributed by atoms with E-state index in [-0.39, 0.29) is 0 Å². The van der Waals surface area contributed by atoms with Crippen molar-refractivity contribution in [1.29, 1.82) is 0 Å². The molecule has 0 saturated carbocycles. The van der Waals surface area contributed by atoms with Crippen LogP contribution in [0.3, 0.4) is 0 Å². The van der Waals surface area contributed by atoms with Gasteiger partial charge >= 0.3 is 0 Å². The van der Waals surface area contributed by atoms with Gasteiger partial charge in [-0.1, -0.05) is 6.92 Å². The SMILES string of the molecule is CNCc1nc(CN2CCCC(C)C2C)cs1. The molecule has 0 bridgehead atoms. The molecule has 2 unspecified atom stereocenters. The molecule has 96 valence electrons. The van der Waals surface area contributed by atoms with Gasteiger partial charge in [0.1, 0.15) is 5.01 Å². The molecular formula is C13H23N3S. The van der Waals surface area contributed by atoms with Gasteiger partial charge in [-0.3, -0.25) is 4.90 Å². The van der Waals surface area contributed by atoms with Crippen LogP contribution in [0.1, 0.15) is 37.4 Å². The molecule has 0 aromatic carbocycles. The number of piperidine rings is 1. The molecule has 3 nitrogen and oxygen atoms in total. The molecule has 2 atom stereocenters. The Bertz CT molecular complexity index is 350. The first kappa shape index (κ1) is 13.0. The van der Waals surface area contributed by atoms with Gasteiger partial charge in [-0.25, -0.2) is 4.98 Å². The summed E-state index contributed by atoms with van der Waals surface area (Å²) in [4.78, 5) is 7.24. The third-order valence-corrected chi connectivity index (χ3v) is 4.69. The van der Waals surface area contributed by atoms with E-state index in [1.807, 2.05) is 7.05 Å². The maximum atomic E-state index is 4.67. The molecule has 0 aliphatic carbocycles. The number of aromatic nitrogens is 1. The highest BCUT2D eigenvalue weighted by molar-refractivity contribution is 7.09. The lowest BCUT2D eigenvalue weighted by Gasteiger charge is -2.37. The topological polar surface area (TPSA) is 28.2 Å². The lowest BCUT2D eigenvalue weighted by Crippen LogP contribution is -2.41. The summed E-state index contributed by atoms with van der Waals surface area (Å²) in [5.74, 6) is 0.819. The van der Waals surface area contributed by atoms with Crippen molar-refractivity contribution in [3.63, 3.8) is 0 Å². The molecule has 2 heterocycles. The third kappa shape index (κ3) is 3.27. The molecule has 0 amide bonds. The van der Waals surface area contributed by atoms with Crippen LogP contribution in [0.2, 0.25) is 0 Å². The third-order valence-electron chi connectivity index (χ3n) is 3.80. The van der Waals surface area contributed by atoms with Gasteiger partial charge in [-0.15, -0.1) is 11.3 Å². The van der Waals surface area contributed by atoms with E-state index in [4.69, 9.17) is 0 Å². The van der Waals surface area contributed by atoms with Gasteiger partial charge in [0.05, 0.1) is 5.69 Å². The predicted molar refractivity (Wildman–Crippen MR) is 73.1 cm³/mol. The Balaban J connectivity index is 1.94. The van der Waals surface area contributed by atoms with Crippen molar-refractivity contribution in [2.24, 2.45) is 5.92 Å². The largest absolute Gasteiger partial charge is 0.314 e. The monoisotopic (exact) mass is 253 g/mol. The minimum atomic E-state index is 0.693. The number of hydrogen-bond donors (Lipinski definition) is 1. The van der Waals surface area contributed by atoms with Crippen LogP contribution in [0, 0.1) is 5.92 Å². The summed E-state index contributed by atoms with van der Waals surface area (Å²) in [7, 11) is 1.97. The van der Waals surface area contributed by atoms with E-state index in [0.29, 0.717) is 6.04 Å². The maximum absolute atomic E-state index is 4.67. The summed E-state index contributed by atoms with van der Waals surface area (Å²) < 4.78 is 0. The van der Waals surface area contributed by atoms with Gasteiger partial charge in [0.2, 0.25) is 0 Å². The molecule has 1 fully saturated rings. The van der Waals surface area contributed by atoms with E-state index >= 15 is 0 Å². The van der Waals surface area contributed by atoms with Crippen molar-refractivity contribution >= 4 is 11.3 Å². The van der Waals surface area contributed by atoms with E-state index in [0.717, 1.165) is 19.0 Å². The lowest BCUT2D eigenvalue weighted by atomic mass is 9.92. The van der Waals surface area contributed by atoms with Gasteiger partial charge in [0.15, 0.2) is 0 Å². The average molecular weight is 253 g/mol. The molecule has 1 N–H and O–H groups in total.